The van der Waals surface area contributed by atoms with Gasteiger partial charge in [-0.2, -0.15) is 0 Å². The number of rotatable bonds is 5. The van der Waals surface area contributed by atoms with Crippen molar-refractivity contribution in [3.63, 3.8) is 0 Å². The quantitative estimate of drug-likeness (QED) is 0.834. The average Bonchev–Trinajstić information content (AvgIpc) is 2.69. The Labute approximate surface area is 167 Å². The molecule has 1 amide bonds. The Morgan fingerprint density at radius 3 is 2.25 bits per heavy atom. The molecule has 3 rings (SSSR count). The largest absolute Gasteiger partial charge is 0.368 e. The van der Waals surface area contributed by atoms with Crippen molar-refractivity contribution >= 4 is 21.6 Å². The molecule has 0 radical (unpaired) electrons. The van der Waals surface area contributed by atoms with Gasteiger partial charge < -0.3 is 9.80 Å². The van der Waals surface area contributed by atoms with Gasteiger partial charge in [0.1, 0.15) is 0 Å². The van der Waals surface area contributed by atoms with Crippen molar-refractivity contribution in [2.45, 2.75) is 25.7 Å². The maximum atomic E-state index is 12.5. The molecule has 2 aromatic rings. The van der Waals surface area contributed by atoms with E-state index in [0.29, 0.717) is 13.1 Å². The van der Waals surface area contributed by atoms with E-state index in [2.05, 4.69) is 28.7 Å². The Bertz CT molecular complexity index is 965. The molecule has 1 saturated heterocycles. The highest BCUT2D eigenvalue weighted by Gasteiger charge is 2.23. The highest BCUT2D eigenvalue weighted by Crippen LogP contribution is 2.21. The lowest BCUT2D eigenvalue weighted by Gasteiger charge is -2.36. The maximum absolute atomic E-state index is 12.5. The number of sulfonamides is 1. The zero-order chi connectivity index (χ0) is 20.3. The van der Waals surface area contributed by atoms with Gasteiger partial charge in [-0.05, 0) is 55.7 Å². The van der Waals surface area contributed by atoms with Crippen molar-refractivity contribution in [3.05, 3.63) is 59.2 Å². The summed E-state index contributed by atoms with van der Waals surface area (Å²) in [5, 5.41) is 0. The molecule has 0 atom stereocenters. The first-order chi connectivity index (χ1) is 13.3. The third kappa shape index (κ3) is 4.54. The first-order valence-electron chi connectivity index (χ1n) is 9.43. The number of para-hydroxylation sites is 1. The van der Waals surface area contributed by atoms with Crippen LogP contribution < -0.4 is 9.62 Å². The molecule has 150 valence electrons. The molecule has 1 aliphatic rings. The van der Waals surface area contributed by atoms with E-state index in [-0.39, 0.29) is 17.3 Å². The van der Waals surface area contributed by atoms with E-state index >= 15 is 0 Å². The van der Waals surface area contributed by atoms with Crippen LogP contribution in [0.1, 0.15) is 16.7 Å². The molecular weight excluding hydrogens is 374 g/mol. The monoisotopic (exact) mass is 401 g/mol. The van der Waals surface area contributed by atoms with Crippen LogP contribution in [0.15, 0.2) is 47.4 Å². The van der Waals surface area contributed by atoms with Crippen molar-refractivity contribution in [1.29, 1.82) is 0 Å². The molecule has 0 aliphatic carbocycles. The fraction of sp³-hybridized carbons (Fsp3) is 0.381. The number of hydrogen-bond acceptors (Lipinski definition) is 4. The number of hydrogen-bond donors (Lipinski definition) is 1. The Morgan fingerprint density at radius 1 is 0.929 bits per heavy atom. The van der Waals surface area contributed by atoms with Crippen molar-refractivity contribution < 1.29 is 13.2 Å². The summed E-state index contributed by atoms with van der Waals surface area (Å²) in [6, 6.07) is 13.2. The van der Waals surface area contributed by atoms with E-state index in [0.717, 1.165) is 24.2 Å². The van der Waals surface area contributed by atoms with Gasteiger partial charge in [0.2, 0.25) is 15.9 Å². The molecule has 0 saturated carbocycles. The van der Waals surface area contributed by atoms with Crippen LogP contribution >= 0.6 is 0 Å². The normalized spacial score (nSPS) is 15.0. The minimum atomic E-state index is -3.70. The molecule has 2 aromatic carbocycles. The van der Waals surface area contributed by atoms with Gasteiger partial charge in [0, 0.05) is 31.9 Å². The predicted octanol–water partition coefficient (Wildman–Crippen LogP) is 2.24. The van der Waals surface area contributed by atoms with E-state index in [1.54, 1.807) is 23.1 Å². The molecule has 1 fully saturated rings. The Morgan fingerprint density at radius 2 is 1.61 bits per heavy atom. The van der Waals surface area contributed by atoms with Gasteiger partial charge in [-0.1, -0.05) is 24.3 Å². The number of nitrogens with one attached hydrogen (secondary N) is 1. The van der Waals surface area contributed by atoms with Crippen LogP contribution in [0.2, 0.25) is 0 Å². The molecule has 28 heavy (non-hydrogen) atoms. The van der Waals surface area contributed by atoms with Crippen molar-refractivity contribution in [1.82, 2.24) is 9.62 Å². The predicted molar refractivity (Wildman–Crippen MR) is 111 cm³/mol. The molecule has 0 spiro atoms. The average molecular weight is 402 g/mol. The smallest absolute Gasteiger partial charge is 0.241 e. The summed E-state index contributed by atoms with van der Waals surface area (Å²) < 4.78 is 27.4. The number of aryl methyl sites for hydroxylation is 3. The zero-order valence-corrected chi connectivity index (χ0v) is 17.4. The van der Waals surface area contributed by atoms with Crippen LogP contribution in [0, 0.1) is 20.8 Å². The summed E-state index contributed by atoms with van der Waals surface area (Å²) in [7, 11) is -3.70. The van der Waals surface area contributed by atoms with Gasteiger partial charge in [-0.3, -0.25) is 4.79 Å². The second kappa shape index (κ2) is 8.32. The fourth-order valence-corrected chi connectivity index (χ4v) is 4.41. The molecule has 0 unspecified atom stereocenters. The highest BCUT2D eigenvalue weighted by atomic mass is 32.2. The summed E-state index contributed by atoms with van der Waals surface area (Å²) in [5.74, 6) is -0.197. The zero-order valence-electron chi connectivity index (χ0n) is 16.6. The molecule has 1 aliphatic heterocycles. The van der Waals surface area contributed by atoms with E-state index < -0.39 is 10.0 Å². The number of carbonyl (C=O) groups is 1. The summed E-state index contributed by atoms with van der Waals surface area (Å²) >= 11 is 0. The first-order valence-corrected chi connectivity index (χ1v) is 10.9. The van der Waals surface area contributed by atoms with Gasteiger partial charge in [-0.25, -0.2) is 13.1 Å². The molecular formula is C21H27N3O3S. The molecule has 7 heteroatoms. The van der Waals surface area contributed by atoms with Crippen LogP contribution in [0.5, 0.6) is 0 Å². The third-order valence-corrected chi connectivity index (χ3v) is 6.69. The van der Waals surface area contributed by atoms with Crippen molar-refractivity contribution in [2.24, 2.45) is 0 Å². The van der Waals surface area contributed by atoms with Gasteiger partial charge in [0.25, 0.3) is 0 Å². The van der Waals surface area contributed by atoms with Crippen LogP contribution in [0.25, 0.3) is 0 Å². The third-order valence-electron chi connectivity index (χ3n) is 5.29. The number of amides is 1. The molecule has 1 N–H and O–H groups in total. The number of nitrogens with zero attached hydrogens (tertiary/aromatic N) is 2. The molecule has 0 bridgehead atoms. The van der Waals surface area contributed by atoms with Crippen molar-refractivity contribution in [3.8, 4) is 0 Å². The van der Waals surface area contributed by atoms with E-state index in [4.69, 9.17) is 0 Å². The van der Waals surface area contributed by atoms with Gasteiger partial charge in [0.05, 0.1) is 11.4 Å². The minimum Gasteiger partial charge on any atom is -0.368 e. The number of piperazine rings is 1. The van der Waals surface area contributed by atoms with E-state index in [9.17, 15) is 13.2 Å². The van der Waals surface area contributed by atoms with Crippen LogP contribution in [-0.2, 0) is 14.8 Å². The van der Waals surface area contributed by atoms with Gasteiger partial charge in [-0.15, -0.1) is 0 Å². The molecule has 1 heterocycles. The Kier molecular flexibility index (Phi) is 6.05. The lowest BCUT2D eigenvalue weighted by Crippen LogP contribution is -2.51. The lowest BCUT2D eigenvalue weighted by atomic mass is 10.1. The maximum Gasteiger partial charge on any atom is 0.241 e. The summed E-state index contributed by atoms with van der Waals surface area (Å²) in [5.41, 5.74) is 4.33. The molecule has 0 aromatic heterocycles. The van der Waals surface area contributed by atoms with Gasteiger partial charge in [0.15, 0.2) is 0 Å². The standard InChI is InChI=1S/C21H27N3O3S/c1-16-8-9-19(14-18(16)3)28(26,27)22-15-21(25)24-12-10-23(11-13-24)20-7-5-4-6-17(20)2/h4-9,14,22H,10-13,15H2,1-3H3. The topological polar surface area (TPSA) is 69.7 Å². The molecule has 6 nitrogen and oxygen atoms in total. The van der Waals surface area contributed by atoms with Crippen LogP contribution in [0.3, 0.4) is 0 Å². The second-order valence-corrected chi connectivity index (χ2v) is 8.99. The SMILES string of the molecule is Cc1ccc(S(=O)(=O)NCC(=O)N2CCN(c3ccccc3C)CC2)cc1C. The fourth-order valence-electron chi connectivity index (χ4n) is 3.35. The first kappa shape index (κ1) is 20.4. The number of carbonyl (C=O) groups excluding carboxylic acids is 1. The lowest BCUT2D eigenvalue weighted by molar-refractivity contribution is -0.130. The van der Waals surface area contributed by atoms with Crippen LogP contribution in [-0.4, -0.2) is 51.9 Å². The Balaban J connectivity index is 1.56. The van der Waals surface area contributed by atoms with Gasteiger partial charge >= 0.3 is 0 Å². The second-order valence-electron chi connectivity index (χ2n) is 7.22. The highest BCUT2D eigenvalue weighted by molar-refractivity contribution is 7.89. The van der Waals surface area contributed by atoms with Crippen molar-refractivity contribution in [2.75, 3.05) is 37.6 Å². The van der Waals surface area contributed by atoms with E-state index in [1.165, 1.54) is 11.3 Å². The summed E-state index contributed by atoms with van der Waals surface area (Å²) in [4.78, 5) is 16.7. The number of benzene rings is 2. The summed E-state index contributed by atoms with van der Waals surface area (Å²) in [6.45, 7) is 8.29. The summed E-state index contributed by atoms with van der Waals surface area (Å²) in [6.07, 6.45) is 0. The van der Waals surface area contributed by atoms with E-state index in [1.807, 2.05) is 26.0 Å². The minimum absolute atomic E-state index is 0.188. The van der Waals surface area contributed by atoms with Crippen LogP contribution in [0.4, 0.5) is 5.69 Å². The Hall–Kier alpha value is -2.38. The number of anilines is 1.